The maximum Gasteiger partial charge on any atom is 0.187 e. The molecule has 15 atom stereocenters. The molecule has 0 amide bonds. The number of ether oxygens (including phenoxy) is 15. The lowest BCUT2D eigenvalue weighted by molar-refractivity contribution is -0.361. The molecule has 0 aromatic heterocycles. The van der Waals surface area contributed by atoms with E-state index in [4.69, 9.17) is 71.1 Å². The van der Waals surface area contributed by atoms with Crippen LogP contribution in [0.1, 0.15) is 55.6 Å². The second-order valence-electron chi connectivity index (χ2n) is 26.2. The predicted molar refractivity (Wildman–Crippen MR) is 391 cm³/mol. The van der Waals surface area contributed by atoms with Gasteiger partial charge in [-0.25, -0.2) is 0 Å². The second kappa shape index (κ2) is 39.6. The number of hydrogen-bond acceptors (Lipinski definition) is 16. The van der Waals surface area contributed by atoms with Crippen molar-refractivity contribution in [2.24, 2.45) is 0 Å². The Morgan fingerprint density at radius 3 is 0.644 bits per heavy atom. The van der Waals surface area contributed by atoms with E-state index in [0.29, 0.717) is 6.61 Å². The molecule has 2 unspecified atom stereocenters. The molecule has 1 N–H and O–H groups in total. The van der Waals surface area contributed by atoms with Crippen molar-refractivity contribution in [3.8, 4) is 0 Å². The Hall–Kier alpha value is -8.44. The van der Waals surface area contributed by atoms with Crippen molar-refractivity contribution in [2.75, 3.05) is 19.8 Å². The monoisotopic (exact) mass is 1400 g/mol. The molecule has 13 rings (SSSR count). The molecule has 3 heterocycles. The number of aliphatic hydroxyl groups is 1. The molecular formula is C88H92O16. The molecule has 10 aromatic rings. The Balaban J connectivity index is 0.872. The predicted octanol–water partition coefficient (Wildman–Crippen LogP) is 14.7. The first-order valence-electron chi connectivity index (χ1n) is 35.9. The lowest BCUT2D eigenvalue weighted by Gasteiger charge is -2.48. The molecule has 0 aliphatic carbocycles. The minimum absolute atomic E-state index is 0.103. The molecule has 3 saturated heterocycles. The first kappa shape index (κ1) is 73.9. The molecule has 16 nitrogen and oxygen atoms in total. The fraction of sp³-hybridized carbons (Fsp3) is 0.318. The van der Waals surface area contributed by atoms with Gasteiger partial charge in [0.1, 0.15) is 73.2 Å². The van der Waals surface area contributed by atoms with Crippen molar-refractivity contribution < 1.29 is 76.2 Å². The summed E-state index contributed by atoms with van der Waals surface area (Å²) in [7, 11) is 0. The van der Waals surface area contributed by atoms with Crippen LogP contribution in [0.15, 0.2) is 303 Å². The number of rotatable bonds is 37. The fourth-order valence-electron chi connectivity index (χ4n) is 13.2. The second-order valence-corrected chi connectivity index (χ2v) is 26.2. The molecule has 104 heavy (non-hydrogen) atoms. The van der Waals surface area contributed by atoms with Crippen molar-refractivity contribution >= 4 is 0 Å². The smallest absolute Gasteiger partial charge is 0.187 e. The molecule has 0 bridgehead atoms. The van der Waals surface area contributed by atoms with Gasteiger partial charge < -0.3 is 76.2 Å². The summed E-state index contributed by atoms with van der Waals surface area (Å²) in [5.41, 5.74) is 9.33. The average molecular weight is 1410 g/mol. The van der Waals surface area contributed by atoms with Crippen molar-refractivity contribution in [2.45, 2.75) is 158 Å². The Kier molecular flexibility index (Phi) is 28.1. The van der Waals surface area contributed by atoms with Crippen LogP contribution in [0.25, 0.3) is 0 Å². The van der Waals surface area contributed by atoms with Crippen LogP contribution in [-0.4, -0.2) is 117 Å². The summed E-state index contributed by atoms with van der Waals surface area (Å²) in [5.74, 6) is 0. The van der Waals surface area contributed by atoms with Crippen LogP contribution in [0.2, 0.25) is 0 Å². The first-order valence-corrected chi connectivity index (χ1v) is 35.9. The highest BCUT2D eigenvalue weighted by molar-refractivity contribution is 5.22. The van der Waals surface area contributed by atoms with Crippen LogP contribution in [-0.2, 0) is 137 Å². The van der Waals surface area contributed by atoms with Gasteiger partial charge in [0.2, 0.25) is 0 Å². The summed E-state index contributed by atoms with van der Waals surface area (Å²) in [6.07, 6.45) is -14.6. The van der Waals surface area contributed by atoms with Gasteiger partial charge in [-0.15, -0.1) is 0 Å². The van der Waals surface area contributed by atoms with E-state index in [2.05, 4.69) is 0 Å². The van der Waals surface area contributed by atoms with Crippen molar-refractivity contribution in [1.29, 1.82) is 0 Å². The Bertz CT molecular complexity index is 3960. The zero-order valence-electron chi connectivity index (χ0n) is 58.3. The maximum absolute atomic E-state index is 12.4. The van der Waals surface area contributed by atoms with Crippen LogP contribution in [0.5, 0.6) is 0 Å². The van der Waals surface area contributed by atoms with E-state index in [9.17, 15) is 5.11 Å². The molecule has 0 radical (unpaired) electrons. The third kappa shape index (κ3) is 21.6. The number of benzene rings is 10. The Labute approximate surface area is 610 Å². The van der Waals surface area contributed by atoms with Gasteiger partial charge in [0.25, 0.3) is 0 Å². The third-order valence-electron chi connectivity index (χ3n) is 18.6. The van der Waals surface area contributed by atoms with Gasteiger partial charge in [0.15, 0.2) is 18.9 Å². The van der Waals surface area contributed by atoms with Gasteiger partial charge in [0.05, 0.1) is 85.9 Å². The van der Waals surface area contributed by atoms with Gasteiger partial charge in [0, 0.05) is 0 Å². The van der Waals surface area contributed by atoms with E-state index in [1.807, 2.05) is 303 Å². The Morgan fingerprint density at radius 1 is 0.192 bits per heavy atom. The van der Waals surface area contributed by atoms with Crippen LogP contribution < -0.4 is 0 Å². The summed E-state index contributed by atoms with van der Waals surface area (Å²) < 4.78 is 106. The lowest BCUT2D eigenvalue weighted by Crippen LogP contribution is -2.64. The van der Waals surface area contributed by atoms with Crippen molar-refractivity contribution in [1.82, 2.24) is 0 Å². The van der Waals surface area contributed by atoms with Gasteiger partial charge in [-0.05, 0) is 55.6 Å². The summed E-state index contributed by atoms with van der Waals surface area (Å²) in [5, 5.41) is 12.4. The van der Waals surface area contributed by atoms with E-state index in [1.165, 1.54) is 0 Å². The van der Waals surface area contributed by atoms with Gasteiger partial charge in [-0.2, -0.15) is 0 Å². The molecule has 3 fully saturated rings. The van der Waals surface area contributed by atoms with E-state index in [-0.39, 0.29) is 79.3 Å². The summed E-state index contributed by atoms with van der Waals surface area (Å²) in [6.45, 7) is 1.69. The summed E-state index contributed by atoms with van der Waals surface area (Å²) in [4.78, 5) is 0. The zero-order chi connectivity index (χ0) is 70.6. The lowest BCUT2D eigenvalue weighted by atomic mass is 9.96. The Morgan fingerprint density at radius 2 is 0.385 bits per heavy atom. The van der Waals surface area contributed by atoms with Crippen LogP contribution in [0.3, 0.4) is 0 Å². The number of hydrogen-bond donors (Lipinski definition) is 1. The standard InChI is InChI=1S/C88H92O16/c89-86-83(97-58-71-45-25-8-26-46-71)80(94-55-68-39-19-5-20-40-68)78(92-53-66-35-15-3-16-36-66)75(102-86)62-100-88-85(99-60-73-49-29-10-30-50-73)82(96-57-70-43-23-7-24-44-70)79(93-54-67-37-17-4-18-38-67)76(104-88)63-101-87-84(98-59-72-47-27-9-28-48-72)81(95-56-69-41-21-6-22-42-69)77(91-52-65-33-13-2-14-34-65)74(103-87)61-90-51-64-31-11-1-12-32-64/h1-50,74-89H,51-63H2/t74-,75-,76-,77-,78-,79-,80+,81+,82+,83-,84-,85-,86+,87?,88?/m1/s1. The molecule has 0 spiro atoms. The molecule has 16 heteroatoms. The maximum atomic E-state index is 12.4. The fourth-order valence-corrected chi connectivity index (χ4v) is 13.2. The van der Waals surface area contributed by atoms with E-state index in [0.717, 1.165) is 55.6 Å². The highest BCUT2D eigenvalue weighted by Crippen LogP contribution is 2.37. The van der Waals surface area contributed by atoms with Crippen molar-refractivity contribution in [3.63, 3.8) is 0 Å². The van der Waals surface area contributed by atoms with Crippen LogP contribution >= 0.6 is 0 Å². The third-order valence-corrected chi connectivity index (χ3v) is 18.6. The van der Waals surface area contributed by atoms with E-state index >= 15 is 0 Å². The molecule has 3 aliphatic heterocycles. The largest absolute Gasteiger partial charge is 0.374 e. The van der Waals surface area contributed by atoms with Gasteiger partial charge in [-0.1, -0.05) is 303 Å². The molecule has 10 aromatic carbocycles. The normalized spacial score (nSPS) is 24.8. The molecule has 540 valence electrons. The molecular weight excluding hydrogens is 1310 g/mol. The highest BCUT2D eigenvalue weighted by atomic mass is 16.8. The average Bonchev–Trinajstić information content (AvgIpc) is 0.789. The molecule has 0 saturated carbocycles. The van der Waals surface area contributed by atoms with E-state index < -0.39 is 92.1 Å². The summed E-state index contributed by atoms with van der Waals surface area (Å²) >= 11 is 0. The topological polar surface area (TPSA) is 159 Å². The molecule has 3 aliphatic rings. The van der Waals surface area contributed by atoms with E-state index in [1.54, 1.807) is 0 Å². The van der Waals surface area contributed by atoms with Gasteiger partial charge in [-0.3, -0.25) is 0 Å². The quantitative estimate of drug-likeness (QED) is 0.0392. The van der Waals surface area contributed by atoms with Gasteiger partial charge >= 0.3 is 0 Å². The highest BCUT2D eigenvalue weighted by Gasteiger charge is 2.54. The minimum Gasteiger partial charge on any atom is -0.374 e. The van der Waals surface area contributed by atoms with Crippen molar-refractivity contribution in [3.05, 3.63) is 359 Å². The SMILES string of the molecule is O[C@H]1O[C@H](COC2O[C@H](COC3O[C@H](COCc4ccccc4)[C@@H](OCc4ccccc4)[C@H](OCc4ccccc4)[C@H]3OCc3ccccc3)[C@@H](OCc3ccccc3)[C@H](OCc3ccccc3)[C@H]2OCc2ccccc2)[C@@H](OCc2ccccc2)[C@H](OCc2ccccc2)[C@H]1OCc1ccccc1. The number of aliphatic hydroxyl groups excluding tert-OH is 1. The summed E-state index contributed by atoms with van der Waals surface area (Å²) in [6, 6.07) is 99.5. The van der Waals surface area contributed by atoms with Crippen LogP contribution in [0, 0.1) is 0 Å². The van der Waals surface area contributed by atoms with Crippen LogP contribution in [0.4, 0.5) is 0 Å². The first-order chi connectivity index (χ1) is 51.5. The zero-order valence-corrected chi connectivity index (χ0v) is 58.3. The minimum atomic E-state index is -1.50.